The molecule has 2 N–H and O–H groups in total. The standard InChI is InChI=1S/C23H27BrN4O2/c1-30-20-7-5-19(6-8-20)28-13-11-27(12-14-28)10-2-9-25-23(29)22-15-17-3-4-18(24)16-21(17)26-22/h3-8,15-16,26H,2,9-14H2,1H3,(H,25,29). The molecule has 3 aromatic rings. The van der Waals surface area contributed by atoms with Crippen molar-refractivity contribution in [3.8, 4) is 5.75 Å². The highest BCUT2D eigenvalue weighted by Gasteiger charge is 2.17. The van der Waals surface area contributed by atoms with Crippen LogP contribution in [0.5, 0.6) is 5.75 Å². The third-order valence-electron chi connectivity index (χ3n) is 5.58. The number of hydrogen-bond donors (Lipinski definition) is 2. The molecule has 0 aliphatic carbocycles. The zero-order valence-electron chi connectivity index (χ0n) is 17.2. The summed E-state index contributed by atoms with van der Waals surface area (Å²) in [4.78, 5) is 20.5. The summed E-state index contributed by atoms with van der Waals surface area (Å²) in [5, 5.41) is 4.07. The molecule has 2 heterocycles. The molecular weight excluding hydrogens is 444 g/mol. The van der Waals surface area contributed by atoms with Gasteiger partial charge in [-0.05, 0) is 55.4 Å². The monoisotopic (exact) mass is 470 g/mol. The van der Waals surface area contributed by atoms with Crippen molar-refractivity contribution >= 4 is 38.4 Å². The van der Waals surface area contributed by atoms with Gasteiger partial charge < -0.3 is 19.9 Å². The van der Waals surface area contributed by atoms with Crippen LogP contribution in [-0.2, 0) is 0 Å². The van der Waals surface area contributed by atoms with Gasteiger partial charge in [0.25, 0.3) is 5.91 Å². The fraction of sp³-hybridized carbons (Fsp3) is 0.348. The maximum atomic E-state index is 12.4. The molecule has 0 bridgehead atoms. The van der Waals surface area contributed by atoms with Gasteiger partial charge in [0.15, 0.2) is 0 Å². The molecule has 1 fully saturated rings. The van der Waals surface area contributed by atoms with Gasteiger partial charge in [-0.2, -0.15) is 0 Å². The zero-order valence-corrected chi connectivity index (χ0v) is 18.7. The van der Waals surface area contributed by atoms with Crippen LogP contribution in [0.1, 0.15) is 16.9 Å². The van der Waals surface area contributed by atoms with Crippen LogP contribution in [0.2, 0.25) is 0 Å². The SMILES string of the molecule is COc1ccc(N2CCN(CCCNC(=O)c3cc4ccc(Br)cc4[nH]3)CC2)cc1. The second-order valence-corrected chi connectivity index (χ2v) is 8.47. The average Bonchev–Trinajstić information content (AvgIpc) is 3.20. The number of benzene rings is 2. The number of carbonyl (C=O) groups excluding carboxylic acids is 1. The maximum absolute atomic E-state index is 12.4. The van der Waals surface area contributed by atoms with E-state index >= 15 is 0 Å². The number of amides is 1. The Morgan fingerprint density at radius 1 is 1.10 bits per heavy atom. The molecule has 1 aromatic heterocycles. The molecule has 4 rings (SSSR count). The summed E-state index contributed by atoms with van der Waals surface area (Å²) in [6.07, 6.45) is 0.944. The van der Waals surface area contributed by atoms with Gasteiger partial charge in [-0.25, -0.2) is 0 Å². The van der Waals surface area contributed by atoms with Crippen LogP contribution in [0.4, 0.5) is 5.69 Å². The first-order valence-corrected chi connectivity index (χ1v) is 11.1. The second-order valence-electron chi connectivity index (χ2n) is 7.55. The first kappa shape index (κ1) is 20.8. The fourth-order valence-electron chi connectivity index (χ4n) is 3.84. The van der Waals surface area contributed by atoms with Crippen molar-refractivity contribution in [3.05, 3.63) is 58.7 Å². The Hall–Kier alpha value is -2.51. The zero-order chi connectivity index (χ0) is 20.9. The van der Waals surface area contributed by atoms with Crippen molar-refractivity contribution in [2.24, 2.45) is 0 Å². The van der Waals surface area contributed by atoms with E-state index in [0.29, 0.717) is 12.2 Å². The number of carbonyl (C=O) groups is 1. The Labute approximate surface area is 185 Å². The number of hydrogen-bond acceptors (Lipinski definition) is 4. The lowest BCUT2D eigenvalue weighted by atomic mass is 10.2. The quantitative estimate of drug-likeness (QED) is 0.514. The van der Waals surface area contributed by atoms with Gasteiger partial charge in [0.1, 0.15) is 11.4 Å². The minimum Gasteiger partial charge on any atom is -0.497 e. The number of ether oxygens (including phenoxy) is 1. The number of anilines is 1. The Balaban J connectivity index is 1.18. The van der Waals surface area contributed by atoms with E-state index in [-0.39, 0.29) is 5.91 Å². The molecule has 1 amide bonds. The number of aromatic amines is 1. The highest BCUT2D eigenvalue weighted by Crippen LogP contribution is 2.21. The highest BCUT2D eigenvalue weighted by molar-refractivity contribution is 9.10. The average molecular weight is 471 g/mol. The lowest BCUT2D eigenvalue weighted by Gasteiger charge is -2.36. The van der Waals surface area contributed by atoms with E-state index in [1.54, 1.807) is 7.11 Å². The first-order chi connectivity index (χ1) is 14.6. The van der Waals surface area contributed by atoms with Crippen molar-refractivity contribution in [3.63, 3.8) is 0 Å². The summed E-state index contributed by atoms with van der Waals surface area (Å²) in [6, 6.07) is 16.1. The number of H-pyrrole nitrogens is 1. The topological polar surface area (TPSA) is 60.6 Å². The third kappa shape index (κ3) is 4.96. The van der Waals surface area contributed by atoms with Gasteiger partial charge in [-0.1, -0.05) is 22.0 Å². The molecule has 1 saturated heterocycles. The van der Waals surface area contributed by atoms with Crippen LogP contribution in [0.15, 0.2) is 53.0 Å². The number of rotatable bonds is 7. The first-order valence-electron chi connectivity index (χ1n) is 10.3. The molecule has 0 radical (unpaired) electrons. The molecule has 0 unspecified atom stereocenters. The van der Waals surface area contributed by atoms with Crippen LogP contribution in [0.25, 0.3) is 10.9 Å². The summed E-state index contributed by atoms with van der Waals surface area (Å²) >= 11 is 3.46. The number of halogens is 1. The molecule has 0 saturated carbocycles. The lowest BCUT2D eigenvalue weighted by Crippen LogP contribution is -2.47. The largest absolute Gasteiger partial charge is 0.497 e. The number of nitrogens with one attached hydrogen (secondary N) is 2. The normalized spacial score (nSPS) is 14.8. The van der Waals surface area contributed by atoms with Crippen molar-refractivity contribution in [1.29, 1.82) is 0 Å². The minimum absolute atomic E-state index is 0.0494. The Bertz CT molecular complexity index is 994. The van der Waals surface area contributed by atoms with E-state index in [1.807, 2.05) is 36.4 Å². The van der Waals surface area contributed by atoms with Crippen molar-refractivity contribution < 1.29 is 9.53 Å². The maximum Gasteiger partial charge on any atom is 0.267 e. The summed E-state index contributed by atoms with van der Waals surface area (Å²) in [5.41, 5.74) is 2.81. The molecule has 1 aliphatic rings. The predicted octanol–water partition coefficient (Wildman–Crippen LogP) is 3.88. The van der Waals surface area contributed by atoms with E-state index in [4.69, 9.17) is 4.74 Å². The second kappa shape index (κ2) is 9.53. The van der Waals surface area contributed by atoms with Gasteiger partial charge in [-0.15, -0.1) is 0 Å². The fourth-order valence-corrected chi connectivity index (χ4v) is 4.21. The van der Waals surface area contributed by atoms with Crippen LogP contribution >= 0.6 is 15.9 Å². The molecule has 0 spiro atoms. The van der Waals surface area contributed by atoms with E-state index < -0.39 is 0 Å². The lowest BCUT2D eigenvalue weighted by molar-refractivity contribution is 0.0947. The molecule has 6 nitrogen and oxygen atoms in total. The van der Waals surface area contributed by atoms with E-state index in [0.717, 1.165) is 60.3 Å². The number of methoxy groups -OCH3 is 1. The summed E-state index contributed by atoms with van der Waals surface area (Å²) < 4.78 is 6.23. The molecule has 7 heteroatoms. The smallest absolute Gasteiger partial charge is 0.267 e. The van der Waals surface area contributed by atoms with Gasteiger partial charge in [0.05, 0.1) is 7.11 Å². The van der Waals surface area contributed by atoms with E-state index in [2.05, 4.69) is 48.2 Å². The molecular formula is C23H27BrN4O2. The molecule has 2 aromatic carbocycles. The number of nitrogens with zero attached hydrogens (tertiary/aromatic N) is 2. The third-order valence-corrected chi connectivity index (χ3v) is 6.07. The highest BCUT2D eigenvalue weighted by atomic mass is 79.9. The Morgan fingerprint density at radius 3 is 2.60 bits per heavy atom. The Morgan fingerprint density at radius 2 is 1.87 bits per heavy atom. The Kier molecular flexibility index (Phi) is 6.59. The van der Waals surface area contributed by atoms with Crippen LogP contribution < -0.4 is 15.0 Å². The van der Waals surface area contributed by atoms with E-state index in [1.165, 1.54) is 5.69 Å². The van der Waals surface area contributed by atoms with Crippen LogP contribution in [0, 0.1) is 0 Å². The van der Waals surface area contributed by atoms with Gasteiger partial charge in [0, 0.05) is 53.8 Å². The number of aromatic nitrogens is 1. The predicted molar refractivity (Wildman–Crippen MR) is 125 cm³/mol. The summed E-state index contributed by atoms with van der Waals surface area (Å²) in [6.45, 7) is 5.79. The minimum atomic E-state index is -0.0494. The number of fused-ring (bicyclic) bond motifs is 1. The molecule has 0 atom stereocenters. The van der Waals surface area contributed by atoms with Crippen LogP contribution in [0.3, 0.4) is 0 Å². The van der Waals surface area contributed by atoms with Crippen LogP contribution in [-0.4, -0.2) is 62.2 Å². The summed E-state index contributed by atoms with van der Waals surface area (Å²) in [5.74, 6) is 0.839. The van der Waals surface area contributed by atoms with Crippen molar-refractivity contribution in [1.82, 2.24) is 15.2 Å². The van der Waals surface area contributed by atoms with Gasteiger partial charge >= 0.3 is 0 Å². The van der Waals surface area contributed by atoms with Gasteiger partial charge in [0.2, 0.25) is 0 Å². The molecule has 158 valence electrons. The summed E-state index contributed by atoms with van der Waals surface area (Å²) in [7, 11) is 1.69. The molecule has 30 heavy (non-hydrogen) atoms. The molecule has 1 aliphatic heterocycles. The van der Waals surface area contributed by atoms with Gasteiger partial charge in [-0.3, -0.25) is 9.69 Å². The van der Waals surface area contributed by atoms with Crippen molar-refractivity contribution in [2.75, 3.05) is 51.3 Å². The van der Waals surface area contributed by atoms with Crippen molar-refractivity contribution in [2.45, 2.75) is 6.42 Å². The number of piperazine rings is 1. The van der Waals surface area contributed by atoms with E-state index in [9.17, 15) is 4.79 Å².